The molecule has 0 aliphatic carbocycles. The first-order chi connectivity index (χ1) is 14.5. The molecule has 0 unspecified atom stereocenters. The Morgan fingerprint density at radius 3 is 2.63 bits per heavy atom. The number of amides is 3. The lowest BCUT2D eigenvalue weighted by molar-refractivity contribution is -0.121. The van der Waals surface area contributed by atoms with Crippen LogP contribution in [0.5, 0.6) is 5.75 Å². The van der Waals surface area contributed by atoms with E-state index in [0.29, 0.717) is 19.5 Å². The molecule has 0 aromatic heterocycles. The third-order valence-corrected chi connectivity index (χ3v) is 6.25. The van der Waals surface area contributed by atoms with E-state index in [1.165, 1.54) is 0 Å². The number of rotatable bonds is 3. The molecule has 1 saturated heterocycles. The highest BCUT2D eigenvalue weighted by atomic mass is 16.5. The van der Waals surface area contributed by atoms with E-state index >= 15 is 0 Å². The van der Waals surface area contributed by atoms with Gasteiger partial charge in [-0.3, -0.25) is 4.79 Å². The first-order valence-corrected chi connectivity index (χ1v) is 10.6. The number of para-hydroxylation sites is 1. The standard InChI is InChI=1S/C24H29N3O3/c1-17-6-5-7-19(14-17)26-23(29)27-12-10-24(11-13-27)16-18(15-22(28)25-2)20-8-3-4-9-21(20)30-24/h3-9,14,18H,10-13,15-16H2,1-2H3,(H,25,28)(H,26,29)/t18-/m1/s1. The maximum Gasteiger partial charge on any atom is 0.321 e. The number of urea groups is 1. The lowest BCUT2D eigenvalue weighted by Gasteiger charge is -2.46. The highest BCUT2D eigenvalue weighted by molar-refractivity contribution is 5.89. The number of piperidine rings is 1. The van der Waals surface area contributed by atoms with E-state index in [2.05, 4.69) is 16.7 Å². The van der Waals surface area contributed by atoms with Crippen molar-refractivity contribution in [1.82, 2.24) is 10.2 Å². The molecule has 2 aromatic carbocycles. The summed E-state index contributed by atoms with van der Waals surface area (Å²) in [6.45, 7) is 3.27. The Morgan fingerprint density at radius 2 is 1.90 bits per heavy atom. The molecule has 2 aliphatic heterocycles. The summed E-state index contributed by atoms with van der Waals surface area (Å²) in [6.07, 6.45) is 2.76. The van der Waals surface area contributed by atoms with Crippen LogP contribution < -0.4 is 15.4 Å². The maximum atomic E-state index is 12.7. The lowest BCUT2D eigenvalue weighted by atomic mass is 9.76. The fourth-order valence-corrected chi connectivity index (χ4v) is 4.60. The predicted octanol–water partition coefficient (Wildman–Crippen LogP) is 4.06. The number of carbonyl (C=O) groups excluding carboxylic acids is 2. The zero-order valence-electron chi connectivity index (χ0n) is 17.6. The number of anilines is 1. The van der Waals surface area contributed by atoms with Crippen molar-refractivity contribution in [3.63, 3.8) is 0 Å². The second-order valence-corrected chi connectivity index (χ2v) is 8.39. The van der Waals surface area contributed by atoms with Crippen molar-refractivity contribution in [2.45, 2.75) is 44.1 Å². The van der Waals surface area contributed by atoms with Crippen LogP contribution in [0, 0.1) is 6.92 Å². The average molecular weight is 408 g/mol. The molecular weight excluding hydrogens is 378 g/mol. The number of likely N-dealkylation sites (tertiary alicyclic amines) is 1. The molecule has 0 bridgehead atoms. The van der Waals surface area contributed by atoms with Gasteiger partial charge in [0.25, 0.3) is 0 Å². The van der Waals surface area contributed by atoms with E-state index in [0.717, 1.165) is 41.8 Å². The van der Waals surface area contributed by atoms with Crippen LogP contribution in [0.1, 0.15) is 42.7 Å². The topological polar surface area (TPSA) is 70.7 Å². The Kier molecular flexibility index (Phi) is 5.66. The smallest absolute Gasteiger partial charge is 0.321 e. The van der Waals surface area contributed by atoms with Gasteiger partial charge in [-0.2, -0.15) is 0 Å². The highest BCUT2D eigenvalue weighted by Gasteiger charge is 2.44. The third kappa shape index (κ3) is 4.27. The zero-order valence-corrected chi connectivity index (χ0v) is 17.6. The van der Waals surface area contributed by atoms with Crippen LogP contribution >= 0.6 is 0 Å². The molecule has 4 rings (SSSR count). The van der Waals surface area contributed by atoms with Crippen molar-refractivity contribution in [3.05, 3.63) is 59.7 Å². The Hall–Kier alpha value is -3.02. The van der Waals surface area contributed by atoms with Crippen molar-refractivity contribution in [2.75, 3.05) is 25.5 Å². The van der Waals surface area contributed by atoms with Crippen LogP contribution in [-0.4, -0.2) is 42.6 Å². The summed E-state index contributed by atoms with van der Waals surface area (Å²) in [5, 5.41) is 5.74. The van der Waals surface area contributed by atoms with Crippen molar-refractivity contribution in [3.8, 4) is 5.75 Å². The van der Waals surface area contributed by atoms with E-state index in [1.807, 2.05) is 54.3 Å². The lowest BCUT2D eigenvalue weighted by Crippen LogP contribution is -2.52. The van der Waals surface area contributed by atoms with Gasteiger partial charge < -0.3 is 20.3 Å². The van der Waals surface area contributed by atoms with Gasteiger partial charge in [-0.1, -0.05) is 30.3 Å². The molecule has 158 valence electrons. The van der Waals surface area contributed by atoms with Crippen LogP contribution in [0.4, 0.5) is 10.5 Å². The minimum Gasteiger partial charge on any atom is -0.487 e. The van der Waals surface area contributed by atoms with Crippen molar-refractivity contribution >= 4 is 17.6 Å². The first kappa shape index (κ1) is 20.3. The van der Waals surface area contributed by atoms with Gasteiger partial charge >= 0.3 is 6.03 Å². The van der Waals surface area contributed by atoms with E-state index in [1.54, 1.807) is 7.05 Å². The third-order valence-electron chi connectivity index (χ3n) is 6.25. The van der Waals surface area contributed by atoms with E-state index in [9.17, 15) is 9.59 Å². The molecule has 2 N–H and O–H groups in total. The molecule has 3 amide bonds. The van der Waals surface area contributed by atoms with Gasteiger partial charge in [-0.15, -0.1) is 0 Å². The van der Waals surface area contributed by atoms with Crippen LogP contribution in [0.25, 0.3) is 0 Å². The van der Waals surface area contributed by atoms with Crippen LogP contribution in [0.2, 0.25) is 0 Å². The van der Waals surface area contributed by atoms with Gasteiger partial charge in [0.15, 0.2) is 0 Å². The van der Waals surface area contributed by atoms with Gasteiger partial charge in [0, 0.05) is 51.0 Å². The number of carbonyl (C=O) groups is 2. The molecular formula is C24H29N3O3. The molecule has 6 heteroatoms. The van der Waals surface area contributed by atoms with Crippen molar-refractivity contribution in [1.29, 1.82) is 0 Å². The minimum atomic E-state index is -0.326. The number of hydrogen-bond donors (Lipinski definition) is 2. The summed E-state index contributed by atoms with van der Waals surface area (Å²) in [5.74, 6) is 1.04. The van der Waals surface area contributed by atoms with Crippen LogP contribution in [0.3, 0.4) is 0 Å². The summed E-state index contributed by atoms with van der Waals surface area (Å²) in [6, 6.07) is 15.8. The van der Waals surface area contributed by atoms with Crippen LogP contribution in [-0.2, 0) is 4.79 Å². The molecule has 0 saturated carbocycles. The normalized spacial score (nSPS) is 19.5. The molecule has 1 atom stereocenters. The summed E-state index contributed by atoms with van der Waals surface area (Å²) in [4.78, 5) is 26.7. The van der Waals surface area contributed by atoms with Crippen LogP contribution in [0.15, 0.2) is 48.5 Å². The zero-order chi connectivity index (χ0) is 21.1. The van der Waals surface area contributed by atoms with E-state index in [-0.39, 0.29) is 23.5 Å². The van der Waals surface area contributed by atoms with E-state index in [4.69, 9.17) is 4.74 Å². The van der Waals surface area contributed by atoms with Gasteiger partial charge in [-0.25, -0.2) is 4.79 Å². The molecule has 0 radical (unpaired) electrons. The Balaban J connectivity index is 1.44. The van der Waals surface area contributed by atoms with Gasteiger partial charge in [-0.05, 0) is 42.7 Å². The maximum absolute atomic E-state index is 12.7. The molecule has 1 spiro atoms. The summed E-state index contributed by atoms with van der Waals surface area (Å²) >= 11 is 0. The molecule has 2 aliphatic rings. The van der Waals surface area contributed by atoms with Gasteiger partial charge in [0.1, 0.15) is 11.4 Å². The highest BCUT2D eigenvalue weighted by Crippen LogP contribution is 2.46. The van der Waals surface area contributed by atoms with Gasteiger partial charge in [0.05, 0.1) is 0 Å². The number of hydrogen-bond acceptors (Lipinski definition) is 3. The first-order valence-electron chi connectivity index (χ1n) is 10.6. The summed E-state index contributed by atoms with van der Waals surface area (Å²) in [5.41, 5.74) is 2.70. The number of ether oxygens (including phenoxy) is 1. The quantitative estimate of drug-likeness (QED) is 0.806. The number of nitrogens with one attached hydrogen (secondary N) is 2. The average Bonchev–Trinajstić information content (AvgIpc) is 2.74. The Labute approximate surface area is 177 Å². The van der Waals surface area contributed by atoms with Crippen molar-refractivity contribution < 1.29 is 14.3 Å². The van der Waals surface area contributed by atoms with E-state index < -0.39 is 0 Å². The largest absolute Gasteiger partial charge is 0.487 e. The molecule has 2 heterocycles. The summed E-state index contributed by atoms with van der Waals surface area (Å²) < 4.78 is 6.48. The second kappa shape index (κ2) is 8.38. The fourth-order valence-electron chi connectivity index (χ4n) is 4.60. The minimum absolute atomic E-state index is 0.0434. The Bertz CT molecular complexity index is 935. The molecule has 2 aromatic rings. The Morgan fingerprint density at radius 1 is 1.13 bits per heavy atom. The molecule has 30 heavy (non-hydrogen) atoms. The summed E-state index contributed by atoms with van der Waals surface area (Å²) in [7, 11) is 1.68. The SMILES string of the molecule is CNC(=O)C[C@@H]1CC2(CCN(C(=O)Nc3cccc(C)c3)CC2)Oc2ccccc21. The number of nitrogens with zero attached hydrogens (tertiary/aromatic N) is 1. The number of benzene rings is 2. The fraction of sp³-hybridized carbons (Fsp3) is 0.417. The monoisotopic (exact) mass is 407 g/mol. The number of fused-ring (bicyclic) bond motifs is 1. The molecule has 6 nitrogen and oxygen atoms in total. The van der Waals surface area contributed by atoms with Gasteiger partial charge in [0.2, 0.25) is 5.91 Å². The predicted molar refractivity (Wildman–Crippen MR) is 117 cm³/mol. The molecule has 1 fully saturated rings. The second-order valence-electron chi connectivity index (χ2n) is 8.39. The number of aryl methyl sites for hydroxylation is 1. The van der Waals surface area contributed by atoms with Crippen molar-refractivity contribution in [2.24, 2.45) is 0 Å².